The standard InChI is InChI=1S/C13H18N2OS/c1-7-6-17-12(15-7)5-11(14)13-8(2)9(3)16-10(13)4/h6,11H,5,14H2,1-4H3. The SMILES string of the molecule is Cc1csc(CC(N)c2c(C)oc(C)c2C)n1. The number of furan rings is 1. The summed E-state index contributed by atoms with van der Waals surface area (Å²) in [5, 5.41) is 3.15. The molecule has 4 heteroatoms. The van der Waals surface area contributed by atoms with Gasteiger partial charge in [-0.1, -0.05) is 0 Å². The topological polar surface area (TPSA) is 52.0 Å². The molecule has 0 saturated heterocycles. The summed E-state index contributed by atoms with van der Waals surface area (Å²) in [6.45, 7) is 8.02. The molecule has 2 N–H and O–H groups in total. The lowest BCUT2D eigenvalue weighted by molar-refractivity contribution is 0.496. The molecule has 0 aromatic carbocycles. The summed E-state index contributed by atoms with van der Waals surface area (Å²) in [6.07, 6.45) is 0.777. The second-order valence-electron chi connectivity index (χ2n) is 4.45. The lowest BCUT2D eigenvalue weighted by Gasteiger charge is -2.10. The van der Waals surface area contributed by atoms with Gasteiger partial charge in [-0.3, -0.25) is 0 Å². The van der Waals surface area contributed by atoms with Gasteiger partial charge in [0.05, 0.1) is 5.01 Å². The monoisotopic (exact) mass is 250 g/mol. The fraction of sp³-hybridized carbons (Fsp3) is 0.462. The smallest absolute Gasteiger partial charge is 0.106 e. The van der Waals surface area contributed by atoms with Gasteiger partial charge in [-0.05, 0) is 33.3 Å². The molecule has 2 heterocycles. The molecule has 0 bridgehead atoms. The first-order valence-corrected chi connectivity index (χ1v) is 6.60. The number of rotatable bonds is 3. The first kappa shape index (κ1) is 12.3. The molecule has 2 rings (SSSR count). The van der Waals surface area contributed by atoms with Gasteiger partial charge in [0, 0.05) is 29.1 Å². The van der Waals surface area contributed by atoms with Crippen LogP contribution in [0.1, 0.15) is 39.4 Å². The highest BCUT2D eigenvalue weighted by Gasteiger charge is 2.19. The molecule has 17 heavy (non-hydrogen) atoms. The van der Waals surface area contributed by atoms with E-state index in [1.807, 2.05) is 20.8 Å². The van der Waals surface area contributed by atoms with Gasteiger partial charge in [0.2, 0.25) is 0 Å². The Morgan fingerprint density at radius 3 is 2.47 bits per heavy atom. The third kappa shape index (κ3) is 2.42. The number of thiazole rings is 1. The van der Waals surface area contributed by atoms with Crippen molar-refractivity contribution in [3.05, 3.63) is 38.7 Å². The van der Waals surface area contributed by atoms with E-state index in [0.717, 1.165) is 34.2 Å². The van der Waals surface area contributed by atoms with Crippen LogP contribution in [0.2, 0.25) is 0 Å². The number of nitrogens with zero attached hydrogens (tertiary/aromatic N) is 1. The Morgan fingerprint density at radius 2 is 2.00 bits per heavy atom. The van der Waals surface area contributed by atoms with Gasteiger partial charge in [0.1, 0.15) is 11.5 Å². The van der Waals surface area contributed by atoms with Crippen molar-refractivity contribution in [2.75, 3.05) is 0 Å². The zero-order valence-electron chi connectivity index (χ0n) is 10.7. The fourth-order valence-corrected chi connectivity index (χ4v) is 2.97. The molecular formula is C13H18N2OS. The van der Waals surface area contributed by atoms with Gasteiger partial charge < -0.3 is 10.2 Å². The lowest BCUT2D eigenvalue weighted by Crippen LogP contribution is -2.14. The molecule has 0 aliphatic carbocycles. The maximum Gasteiger partial charge on any atom is 0.106 e. The molecule has 0 fully saturated rings. The van der Waals surface area contributed by atoms with Crippen molar-refractivity contribution in [1.29, 1.82) is 0 Å². The third-order valence-corrected chi connectivity index (χ3v) is 4.04. The van der Waals surface area contributed by atoms with Crippen molar-refractivity contribution in [3.63, 3.8) is 0 Å². The van der Waals surface area contributed by atoms with Crippen LogP contribution in [-0.2, 0) is 6.42 Å². The summed E-state index contributed by atoms with van der Waals surface area (Å²) in [4.78, 5) is 4.45. The summed E-state index contributed by atoms with van der Waals surface area (Å²) in [5.41, 5.74) is 9.63. The predicted octanol–water partition coefficient (Wildman–Crippen LogP) is 3.21. The molecule has 1 atom stereocenters. The van der Waals surface area contributed by atoms with Crippen LogP contribution in [0.15, 0.2) is 9.80 Å². The molecule has 3 nitrogen and oxygen atoms in total. The third-order valence-electron chi connectivity index (χ3n) is 3.05. The van der Waals surface area contributed by atoms with E-state index in [-0.39, 0.29) is 6.04 Å². The van der Waals surface area contributed by atoms with E-state index in [1.165, 1.54) is 5.56 Å². The average Bonchev–Trinajstić information content (AvgIpc) is 2.73. The first-order valence-electron chi connectivity index (χ1n) is 5.72. The van der Waals surface area contributed by atoms with Crippen molar-refractivity contribution in [2.24, 2.45) is 5.73 Å². The Hall–Kier alpha value is -1.13. The maximum absolute atomic E-state index is 6.26. The minimum Gasteiger partial charge on any atom is -0.466 e. The molecule has 2 aromatic heterocycles. The zero-order chi connectivity index (χ0) is 12.6. The van der Waals surface area contributed by atoms with Crippen molar-refractivity contribution in [2.45, 2.75) is 40.2 Å². The van der Waals surface area contributed by atoms with Crippen LogP contribution in [0, 0.1) is 27.7 Å². The Morgan fingerprint density at radius 1 is 1.29 bits per heavy atom. The Bertz CT molecular complexity index is 528. The molecule has 0 spiro atoms. The van der Waals surface area contributed by atoms with Crippen LogP contribution in [0.3, 0.4) is 0 Å². The van der Waals surface area contributed by atoms with Crippen LogP contribution in [0.4, 0.5) is 0 Å². The highest BCUT2D eigenvalue weighted by atomic mass is 32.1. The lowest BCUT2D eigenvalue weighted by atomic mass is 10.0. The minimum atomic E-state index is -0.0296. The van der Waals surface area contributed by atoms with Crippen LogP contribution >= 0.6 is 11.3 Å². The van der Waals surface area contributed by atoms with Crippen molar-refractivity contribution < 1.29 is 4.42 Å². The maximum atomic E-state index is 6.26. The van der Waals surface area contributed by atoms with Crippen LogP contribution in [0.25, 0.3) is 0 Å². The first-order chi connectivity index (χ1) is 7.99. The molecule has 92 valence electrons. The molecule has 0 aliphatic heterocycles. The molecular weight excluding hydrogens is 232 g/mol. The van der Waals surface area contributed by atoms with Gasteiger partial charge in [0.15, 0.2) is 0 Å². The second-order valence-corrected chi connectivity index (χ2v) is 5.39. The van der Waals surface area contributed by atoms with Gasteiger partial charge >= 0.3 is 0 Å². The van der Waals surface area contributed by atoms with E-state index >= 15 is 0 Å². The van der Waals surface area contributed by atoms with Crippen LogP contribution in [-0.4, -0.2) is 4.98 Å². The van der Waals surface area contributed by atoms with Crippen molar-refractivity contribution >= 4 is 11.3 Å². The highest BCUT2D eigenvalue weighted by Crippen LogP contribution is 2.28. The fourth-order valence-electron chi connectivity index (χ4n) is 2.14. The molecule has 0 radical (unpaired) electrons. The predicted molar refractivity (Wildman–Crippen MR) is 70.4 cm³/mol. The molecule has 0 amide bonds. The summed E-state index contributed by atoms with van der Waals surface area (Å²) < 4.78 is 5.61. The number of aromatic nitrogens is 1. The molecule has 1 unspecified atom stereocenters. The van der Waals surface area contributed by atoms with Gasteiger partial charge in [-0.25, -0.2) is 4.98 Å². The summed E-state index contributed by atoms with van der Waals surface area (Å²) >= 11 is 1.67. The van der Waals surface area contributed by atoms with Gasteiger partial charge in [-0.15, -0.1) is 11.3 Å². The Kier molecular flexibility index (Phi) is 3.35. The minimum absolute atomic E-state index is 0.0296. The summed E-state index contributed by atoms with van der Waals surface area (Å²) in [5.74, 6) is 1.89. The van der Waals surface area contributed by atoms with Crippen molar-refractivity contribution in [1.82, 2.24) is 4.98 Å². The number of aryl methyl sites for hydroxylation is 3. The summed E-state index contributed by atoms with van der Waals surface area (Å²) in [7, 11) is 0. The molecule has 0 saturated carbocycles. The van der Waals surface area contributed by atoms with E-state index in [4.69, 9.17) is 10.2 Å². The Balaban J connectivity index is 2.22. The van der Waals surface area contributed by atoms with E-state index in [9.17, 15) is 0 Å². The van der Waals surface area contributed by atoms with Gasteiger partial charge in [0.25, 0.3) is 0 Å². The average molecular weight is 250 g/mol. The van der Waals surface area contributed by atoms with Gasteiger partial charge in [-0.2, -0.15) is 0 Å². The molecule has 2 aromatic rings. The normalized spacial score (nSPS) is 13.0. The quantitative estimate of drug-likeness (QED) is 0.910. The Labute approximate surface area is 106 Å². The second kappa shape index (κ2) is 4.63. The van der Waals surface area contributed by atoms with Crippen molar-refractivity contribution in [3.8, 4) is 0 Å². The number of hydrogen-bond acceptors (Lipinski definition) is 4. The van der Waals surface area contributed by atoms with Crippen LogP contribution < -0.4 is 5.73 Å². The van der Waals surface area contributed by atoms with E-state index < -0.39 is 0 Å². The largest absolute Gasteiger partial charge is 0.466 e. The van der Waals surface area contributed by atoms with E-state index in [0.29, 0.717) is 0 Å². The number of nitrogens with two attached hydrogens (primary N) is 1. The molecule has 0 aliphatic rings. The highest BCUT2D eigenvalue weighted by molar-refractivity contribution is 7.09. The summed E-state index contributed by atoms with van der Waals surface area (Å²) in [6, 6.07) is -0.0296. The van der Waals surface area contributed by atoms with Crippen LogP contribution in [0.5, 0.6) is 0 Å². The van der Waals surface area contributed by atoms with E-state index in [1.54, 1.807) is 11.3 Å². The zero-order valence-corrected chi connectivity index (χ0v) is 11.5. The van der Waals surface area contributed by atoms with E-state index in [2.05, 4.69) is 17.3 Å². The number of hydrogen-bond donors (Lipinski definition) is 1.